The Morgan fingerprint density at radius 2 is 1.55 bits per heavy atom. The van der Waals surface area contributed by atoms with E-state index in [1.807, 2.05) is 0 Å². The quantitative estimate of drug-likeness (QED) is 0.461. The van der Waals surface area contributed by atoms with Crippen molar-refractivity contribution in [3.63, 3.8) is 0 Å². The van der Waals surface area contributed by atoms with Gasteiger partial charge in [-0.3, -0.25) is 0 Å². The number of hydrogen-bond acceptors (Lipinski definition) is 3. The number of hydrogen-bond donors (Lipinski definition) is 1. The highest BCUT2D eigenvalue weighted by molar-refractivity contribution is 7.84. The predicted octanol–water partition coefficient (Wildman–Crippen LogP) is -1.54. The minimum absolute atomic E-state index is 0.604. The lowest BCUT2D eigenvalue weighted by Crippen LogP contribution is -3.06. The van der Waals surface area contributed by atoms with Crippen molar-refractivity contribution in [1.82, 2.24) is 0 Å². The first kappa shape index (κ1) is 10.9. The minimum Gasteiger partial charge on any atom is -0.748 e. The van der Waals surface area contributed by atoms with Crippen molar-refractivity contribution in [2.24, 2.45) is 0 Å². The molecule has 1 fully saturated rings. The molecule has 0 aromatic heterocycles. The molecule has 1 rings (SSSR count). The van der Waals surface area contributed by atoms with Crippen LogP contribution in [0.5, 0.6) is 0 Å². The van der Waals surface area contributed by atoms with Gasteiger partial charge in [0.25, 0.3) is 0 Å². The molecule has 1 heterocycles. The average molecular weight is 181 g/mol. The van der Waals surface area contributed by atoms with Crippen LogP contribution in [0.25, 0.3) is 0 Å². The van der Waals surface area contributed by atoms with Gasteiger partial charge >= 0.3 is 0 Å². The van der Waals surface area contributed by atoms with E-state index in [2.05, 4.69) is 7.05 Å². The fraction of sp³-hybridized carbons (Fsp3) is 1.00. The van der Waals surface area contributed by atoms with Crippen LogP contribution in [0.1, 0.15) is 12.8 Å². The van der Waals surface area contributed by atoms with Gasteiger partial charge in [0.05, 0.1) is 30.3 Å². The zero-order chi connectivity index (χ0) is 8.91. The molecule has 0 aliphatic carbocycles. The van der Waals surface area contributed by atoms with Gasteiger partial charge in [-0.15, -0.1) is 0 Å². The van der Waals surface area contributed by atoms with Crippen LogP contribution >= 0.6 is 0 Å². The molecule has 0 unspecified atom stereocenters. The van der Waals surface area contributed by atoms with Gasteiger partial charge in [-0.1, -0.05) is 0 Å². The summed E-state index contributed by atoms with van der Waals surface area (Å²) in [5.41, 5.74) is 0. The van der Waals surface area contributed by atoms with Crippen LogP contribution in [0, 0.1) is 0 Å². The first-order chi connectivity index (χ1) is 4.89. The SMILES string of the molecule is CS(=O)(=O)[O-].C[NH+]1CCCC1. The van der Waals surface area contributed by atoms with Crippen LogP contribution in [-0.4, -0.2) is 39.4 Å². The largest absolute Gasteiger partial charge is 0.748 e. The summed E-state index contributed by atoms with van der Waals surface area (Å²) in [4.78, 5) is 1.70. The molecule has 5 heteroatoms. The lowest BCUT2D eigenvalue weighted by molar-refractivity contribution is -0.866. The van der Waals surface area contributed by atoms with Crippen LogP contribution < -0.4 is 4.90 Å². The molecule has 0 bridgehead atoms. The minimum atomic E-state index is -3.92. The van der Waals surface area contributed by atoms with Crippen molar-refractivity contribution in [2.45, 2.75) is 12.8 Å². The Bertz CT molecular complexity index is 174. The van der Waals surface area contributed by atoms with Crippen molar-refractivity contribution in [3.8, 4) is 0 Å². The number of likely N-dealkylation sites (tertiary alicyclic amines) is 1. The Morgan fingerprint density at radius 1 is 1.27 bits per heavy atom. The number of quaternary nitrogens is 1. The van der Waals surface area contributed by atoms with Gasteiger partial charge in [-0.05, 0) is 0 Å². The third-order valence-corrected chi connectivity index (χ3v) is 1.46. The molecular formula is C6H15NO3S. The molecule has 0 saturated carbocycles. The molecule has 0 atom stereocenters. The molecule has 1 aliphatic rings. The Morgan fingerprint density at radius 3 is 1.64 bits per heavy atom. The highest BCUT2D eigenvalue weighted by Crippen LogP contribution is 1.84. The summed E-state index contributed by atoms with van der Waals surface area (Å²) >= 11 is 0. The van der Waals surface area contributed by atoms with Gasteiger partial charge in [0.15, 0.2) is 0 Å². The van der Waals surface area contributed by atoms with E-state index in [0.29, 0.717) is 6.26 Å². The van der Waals surface area contributed by atoms with Gasteiger partial charge in [0.1, 0.15) is 0 Å². The van der Waals surface area contributed by atoms with E-state index in [-0.39, 0.29) is 0 Å². The standard InChI is InChI=1S/C5H11N.CH4O3S/c1-6-4-2-3-5-6;1-5(2,3)4/h2-5H2,1H3;1H3,(H,2,3,4). The second-order valence-electron chi connectivity index (χ2n) is 2.87. The normalized spacial score (nSPS) is 19.2. The molecule has 0 amide bonds. The summed E-state index contributed by atoms with van der Waals surface area (Å²) in [5.74, 6) is 0. The molecular weight excluding hydrogens is 166 g/mol. The molecule has 0 aromatic carbocycles. The Labute approximate surface area is 68.0 Å². The van der Waals surface area contributed by atoms with Crippen molar-refractivity contribution in [2.75, 3.05) is 26.4 Å². The molecule has 1 aliphatic heterocycles. The Balaban J connectivity index is 0.000000187. The Kier molecular flexibility index (Phi) is 4.63. The van der Waals surface area contributed by atoms with E-state index in [9.17, 15) is 0 Å². The maximum absolute atomic E-state index is 9.08. The number of nitrogens with one attached hydrogen (secondary N) is 1. The van der Waals surface area contributed by atoms with Crippen molar-refractivity contribution in [1.29, 1.82) is 0 Å². The van der Waals surface area contributed by atoms with Crippen molar-refractivity contribution >= 4 is 10.1 Å². The Hall–Kier alpha value is -0.130. The molecule has 0 radical (unpaired) electrons. The van der Waals surface area contributed by atoms with E-state index >= 15 is 0 Å². The van der Waals surface area contributed by atoms with E-state index in [1.54, 1.807) is 4.90 Å². The zero-order valence-electron chi connectivity index (χ0n) is 6.96. The topological polar surface area (TPSA) is 61.6 Å². The highest BCUT2D eigenvalue weighted by Gasteiger charge is 2.07. The maximum atomic E-state index is 9.08. The van der Waals surface area contributed by atoms with Gasteiger partial charge in [-0.2, -0.15) is 0 Å². The third-order valence-electron chi connectivity index (χ3n) is 1.46. The maximum Gasteiger partial charge on any atom is 0.0916 e. The molecule has 11 heavy (non-hydrogen) atoms. The monoisotopic (exact) mass is 181 g/mol. The van der Waals surface area contributed by atoms with Crippen LogP contribution in [0.3, 0.4) is 0 Å². The smallest absolute Gasteiger partial charge is 0.0916 e. The molecule has 1 saturated heterocycles. The summed E-state index contributed by atoms with van der Waals surface area (Å²) < 4.78 is 27.2. The van der Waals surface area contributed by atoms with E-state index in [1.165, 1.54) is 25.9 Å². The lowest BCUT2D eigenvalue weighted by Gasteiger charge is -1.98. The fourth-order valence-electron chi connectivity index (χ4n) is 0.979. The first-order valence-corrected chi connectivity index (χ1v) is 5.43. The van der Waals surface area contributed by atoms with E-state index in [0.717, 1.165) is 0 Å². The van der Waals surface area contributed by atoms with E-state index < -0.39 is 10.1 Å². The summed E-state index contributed by atoms with van der Waals surface area (Å²) in [6.07, 6.45) is 3.50. The molecule has 4 nitrogen and oxygen atoms in total. The van der Waals surface area contributed by atoms with Crippen LogP contribution in [0.2, 0.25) is 0 Å². The third kappa shape index (κ3) is 13.0. The van der Waals surface area contributed by atoms with Gasteiger partial charge < -0.3 is 9.45 Å². The zero-order valence-corrected chi connectivity index (χ0v) is 7.78. The lowest BCUT2D eigenvalue weighted by atomic mass is 10.4. The van der Waals surface area contributed by atoms with Gasteiger partial charge in [-0.25, -0.2) is 8.42 Å². The molecule has 0 spiro atoms. The number of rotatable bonds is 0. The average Bonchev–Trinajstić information content (AvgIpc) is 2.12. The highest BCUT2D eigenvalue weighted by atomic mass is 32.2. The molecule has 0 aromatic rings. The van der Waals surface area contributed by atoms with E-state index in [4.69, 9.17) is 13.0 Å². The first-order valence-electron chi connectivity index (χ1n) is 3.62. The van der Waals surface area contributed by atoms with Crippen LogP contribution in [-0.2, 0) is 10.1 Å². The second-order valence-corrected chi connectivity index (χ2v) is 4.28. The van der Waals surface area contributed by atoms with Gasteiger partial charge in [0.2, 0.25) is 0 Å². The summed E-state index contributed by atoms with van der Waals surface area (Å²) in [7, 11) is -1.66. The predicted molar refractivity (Wildman–Crippen MR) is 41.5 cm³/mol. The summed E-state index contributed by atoms with van der Waals surface area (Å²) in [6, 6.07) is 0. The van der Waals surface area contributed by atoms with Crippen molar-refractivity contribution in [3.05, 3.63) is 0 Å². The molecule has 68 valence electrons. The second kappa shape index (κ2) is 4.69. The van der Waals surface area contributed by atoms with Crippen molar-refractivity contribution < 1.29 is 17.9 Å². The van der Waals surface area contributed by atoms with Gasteiger partial charge in [0, 0.05) is 19.1 Å². The van der Waals surface area contributed by atoms with Crippen LogP contribution in [0.15, 0.2) is 0 Å². The summed E-state index contributed by atoms with van der Waals surface area (Å²) in [5, 5.41) is 0. The molecule has 1 N–H and O–H groups in total. The fourth-order valence-corrected chi connectivity index (χ4v) is 0.979. The summed E-state index contributed by atoms with van der Waals surface area (Å²) in [6.45, 7) is 2.81. The van der Waals surface area contributed by atoms with Crippen LogP contribution in [0.4, 0.5) is 0 Å².